The van der Waals surface area contributed by atoms with E-state index in [0.29, 0.717) is 31.6 Å². The fourth-order valence-electron chi connectivity index (χ4n) is 4.64. The summed E-state index contributed by atoms with van der Waals surface area (Å²) in [5, 5.41) is 14.3. The van der Waals surface area contributed by atoms with Gasteiger partial charge < -0.3 is 15.0 Å². The summed E-state index contributed by atoms with van der Waals surface area (Å²) in [6, 6.07) is 14.7. The maximum absolute atomic E-state index is 12.5. The average molecular weight is 437 g/mol. The number of nitrogens with one attached hydrogen (secondary N) is 1. The number of nitro benzene ring substituents is 1. The van der Waals surface area contributed by atoms with Crippen molar-refractivity contribution >= 4 is 23.3 Å². The number of anilines is 1. The zero-order valence-electron chi connectivity index (χ0n) is 17.9. The Morgan fingerprint density at radius 2 is 1.78 bits per heavy atom. The first-order valence-corrected chi connectivity index (χ1v) is 11.0. The maximum Gasteiger partial charge on any atom is 0.309 e. The lowest BCUT2D eigenvalue weighted by molar-refractivity contribution is -0.384. The molecule has 8 heteroatoms. The molecule has 1 N–H and O–H groups in total. The Balaban J connectivity index is 1.25. The molecule has 2 aromatic carbocycles. The van der Waals surface area contributed by atoms with E-state index < -0.39 is 0 Å². The van der Waals surface area contributed by atoms with E-state index in [4.69, 9.17) is 4.74 Å². The van der Waals surface area contributed by atoms with E-state index in [-0.39, 0.29) is 41.1 Å². The second kappa shape index (κ2) is 9.80. The van der Waals surface area contributed by atoms with Gasteiger partial charge in [0.1, 0.15) is 5.69 Å². The SMILES string of the molecule is O=C(COC(=O)C1CCN(c2ccccc2[N+](=O)[O-])CC1)N[C@H]1CCCc2ccccc21. The standard InChI is InChI=1S/C24H27N3O5/c28-23(25-20-9-5-7-17-6-1-2-8-19(17)20)16-32-24(29)18-12-14-26(15-13-18)21-10-3-4-11-22(21)27(30)31/h1-4,6,8,10-11,18,20H,5,7,9,12-16H2,(H,25,28)/t20-/m0/s1. The van der Waals surface area contributed by atoms with Gasteiger partial charge in [0.25, 0.3) is 11.6 Å². The minimum absolute atomic E-state index is 0.0453. The van der Waals surface area contributed by atoms with Crippen LogP contribution in [0.25, 0.3) is 0 Å². The highest BCUT2D eigenvalue weighted by Gasteiger charge is 2.29. The van der Waals surface area contributed by atoms with Crippen LogP contribution in [-0.2, 0) is 20.7 Å². The van der Waals surface area contributed by atoms with Crippen molar-refractivity contribution in [1.82, 2.24) is 5.32 Å². The summed E-state index contributed by atoms with van der Waals surface area (Å²) in [7, 11) is 0. The van der Waals surface area contributed by atoms with Crippen LogP contribution in [0.5, 0.6) is 0 Å². The number of carbonyl (C=O) groups excluding carboxylic acids is 2. The van der Waals surface area contributed by atoms with Crippen LogP contribution in [0.1, 0.15) is 42.9 Å². The van der Waals surface area contributed by atoms with Crippen LogP contribution in [0.2, 0.25) is 0 Å². The Morgan fingerprint density at radius 1 is 1.06 bits per heavy atom. The maximum atomic E-state index is 12.5. The van der Waals surface area contributed by atoms with E-state index in [1.807, 2.05) is 23.1 Å². The zero-order chi connectivity index (χ0) is 22.5. The summed E-state index contributed by atoms with van der Waals surface area (Å²) in [5.41, 5.74) is 3.03. The molecule has 4 rings (SSSR count). The van der Waals surface area contributed by atoms with Gasteiger partial charge in [-0.1, -0.05) is 36.4 Å². The number of carbonyl (C=O) groups is 2. The first kappa shape index (κ1) is 21.8. The van der Waals surface area contributed by atoms with E-state index in [2.05, 4.69) is 11.4 Å². The van der Waals surface area contributed by atoms with E-state index in [1.165, 1.54) is 11.6 Å². The van der Waals surface area contributed by atoms with Crippen LogP contribution in [0.15, 0.2) is 48.5 Å². The topological polar surface area (TPSA) is 102 Å². The van der Waals surface area contributed by atoms with Crippen molar-refractivity contribution in [2.24, 2.45) is 5.92 Å². The second-order valence-corrected chi connectivity index (χ2v) is 8.33. The number of ether oxygens (including phenoxy) is 1. The molecule has 0 aromatic heterocycles. The quantitative estimate of drug-likeness (QED) is 0.421. The highest BCUT2D eigenvalue weighted by atomic mass is 16.6. The van der Waals surface area contributed by atoms with Crippen molar-refractivity contribution in [3.05, 3.63) is 69.8 Å². The highest BCUT2D eigenvalue weighted by molar-refractivity contribution is 5.81. The summed E-state index contributed by atoms with van der Waals surface area (Å²) >= 11 is 0. The molecular weight excluding hydrogens is 410 g/mol. The number of amides is 1. The monoisotopic (exact) mass is 437 g/mol. The molecule has 2 aromatic rings. The molecule has 0 spiro atoms. The molecule has 32 heavy (non-hydrogen) atoms. The smallest absolute Gasteiger partial charge is 0.309 e. The predicted molar refractivity (Wildman–Crippen MR) is 119 cm³/mol. The molecule has 0 bridgehead atoms. The van der Waals surface area contributed by atoms with E-state index >= 15 is 0 Å². The molecule has 1 fully saturated rings. The van der Waals surface area contributed by atoms with Gasteiger partial charge in [-0.3, -0.25) is 19.7 Å². The van der Waals surface area contributed by atoms with Crippen LogP contribution in [0, 0.1) is 16.0 Å². The minimum atomic E-state index is -0.390. The largest absolute Gasteiger partial charge is 0.455 e. The number of rotatable bonds is 6. The summed E-state index contributed by atoms with van der Waals surface area (Å²) in [5.74, 6) is -0.985. The van der Waals surface area contributed by atoms with Gasteiger partial charge in [-0.25, -0.2) is 0 Å². The summed E-state index contributed by atoms with van der Waals surface area (Å²) in [4.78, 5) is 37.7. The summed E-state index contributed by atoms with van der Waals surface area (Å²) < 4.78 is 5.30. The fourth-order valence-corrected chi connectivity index (χ4v) is 4.64. The van der Waals surface area contributed by atoms with E-state index in [1.54, 1.807) is 18.2 Å². The third-order valence-electron chi connectivity index (χ3n) is 6.30. The van der Waals surface area contributed by atoms with Gasteiger partial charge in [0.2, 0.25) is 0 Å². The van der Waals surface area contributed by atoms with Crippen molar-refractivity contribution in [3.8, 4) is 0 Å². The lowest BCUT2D eigenvalue weighted by atomic mass is 9.88. The van der Waals surface area contributed by atoms with E-state index in [9.17, 15) is 19.7 Å². The van der Waals surface area contributed by atoms with Gasteiger partial charge in [0.15, 0.2) is 6.61 Å². The van der Waals surface area contributed by atoms with Gasteiger partial charge in [0.05, 0.1) is 16.9 Å². The number of para-hydroxylation sites is 2. The van der Waals surface area contributed by atoms with Crippen molar-refractivity contribution < 1.29 is 19.2 Å². The van der Waals surface area contributed by atoms with E-state index in [0.717, 1.165) is 24.8 Å². The number of benzene rings is 2. The van der Waals surface area contributed by atoms with Crippen LogP contribution in [-0.4, -0.2) is 36.5 Å². The van der Waals surface area contributed by atoms with Crippen molar-refractivity contribution in [1.29, 1.82) is 0 Å². The lowest BCUT2D eigenvalue weighted by Crippen LogP contribution is -2.39. The Hall–Kier alpha value is -3.42. The molecule has 8 nitrogen and oxygen atoms in total. The Kier molecular flexibility index (Phi) is 6.68. The molecule has 1 aliphatic heterocycles. The highest BCUT2D eigenvalue weighted by Crippen LogP contribution is 2.32. The first-order valence-electron chi connectivity index (χ1n) is 11.0. The minimum Gasteiger partial charge on any atom is -0.455 e. The molecule has 1 amide bonds. The van der Waals surface area contributed by atoms with Gasteiger partial charge in [-0.15, -0.1) is 0 Å². The van der Waals surface area contributed by atoms with Crippen LogP contribution < -0.4 is 10.2 Å². The van der Waals surface area contributed by atoms with Crippen LogP contribution in [0.4, 0.5) is 11.4 Å². The zero-order valence-corrected chi connectivity index (χ0v) is 17.9. The number of esters is 1. The van der Waals surface area contributed by atoms with Gasteiger partial charge >= 0.3 is 5.97 Å². The molecular formula is C24H27N3O5. The van der Waals surface area contributed by atoms with Crippen LogP contribution >= 0.6 is 0 Å². The van der Waals surface area contributed by atoms with Gasteiger partial charge in [-0.05, 0) is 49.3 Å². The second-order valence-electron chi connectivity index (χ2n) is 8.33. The number of piperidine rings is 1. The van der Waals surface area contributed by atoms with Crippen molar-refractivity contribution in [3.63, 3.8) is 0 Å². The molecule has 168 valence electrons. The Labute approximate surface area is 186 Å². The van der Waals surface area contributed by atoms with Crippen molar-refractivity contribution in [2.45, 2.75) is 38.1 Å². The number of aryl methyl sites for hydroxylation is 1. The molecule has 2 aliphatic rings. The van der Waals surface area contributed by atoms with Crippen molar-refractivity contribution in [2.75, 3.05) is 24.6 Å². The van der Waals surface area contributed by atoms with Crippen LogP contribution in [0.3, 0.4) is 0 Å². The Morgan fingerprint density at radius 3 is 2.56 bits per heavy atom. The average Bonchev–Trinajstić information content (AvgIpc) is 2.83. The normalized spacial score (nSPS) is 18.5. The molecule has 1 aliphatic carbocycles. The number of nitrogens with zero attached hydrogens (tertiary/aromatic N) is 2. The Bertz CT molecular complexity index is 1000. The molecule has 1 heterocycles. The molecule has 1 saturated heterocycles. The molecule has 0 unspecified atom stereocenters. The van der Waals surface area contributed by atoms with Gasteiger partial charge in [0, 0.05) is 19.2 Å². The number of hydrogen-bond donors (Lipinski definition) is 1. The summed E-state index contributed by atoms with van der Waals surface area (Å²) in [6.07, 6.45) is 3.97. The lowest BCUT2D eigenvalue weighted by Gasteiger charge is -2.32. The van der Waals surface area contributed by atoms with Gasteiger partial charge in [-0.2, -0.15) is 0 Å². The third-order valence-corrected chi connectivity index (χ3v) is 6.30. The number of hydrogen-bond acceptors (Lipinski definition) is 6. The molecule has 1 atom stereocenters. The summed E-state index contributed by atoms with van der Waals surface area (Å²) in [6.45, 7) is 0.757. The first-order chi connectivity index (χ1) is 15.5. The number of fused-ring (bicyclic) bond motifs is 1. The molecule has 0 saturated carbocycles. The predicted octanol–water partition coefficient (Wildman–Crippen LogP) is 3.55. The molecule has 0 radical (unpaired) electrons. The fraction of sp³-hybridized carbons (Fsp3) is 0.417. The number of nitro groups is 1. The third kappa shape index (κ3) is 4.90.